The number of nitrogens with zero attached hydrogens (tertiary/aromatic N) is 1. The summed E-state index contributed by atoms with van der Waals surface area (Å²) in [5.74, 6) is 0.465. The average molecular weight is 330 g/mol. The second-order valence-electron chi connectivity index (χ2n) is 6.92. The van der Waals surface area contributed by atoms with E-state index in [2.05, 4.69) is 25.2 Å². The van der Waals surface area contributed by atoms with Crippen LogP contribution in [0.1, 0.15) is 50.7 Å². The van der Waals surface area contributed by atoms with E-state index < -0.39 is 0 Å². The van der Waals surface area contributed by atoms with Crippen LogP contribution in [0.2, 0.25) is 0 Å². The molecule has 1 aliphatic rings. The molecule has 0 saturated carbocycles. The first-order chi connectivity index (χ1) is 11.5. The molecule has 1 aromatic rings. The third-order valence-electron chi connectivity index (χ3n) is 5.15. The molecule has 1 saturated heterocycles. The van der Waals surface area contributed by atoms with Gasteiger partial charge in [0.15, 0.2) is 0 Å². The lowest BCUT2D eigenvalue weighted by Gasteiger charge is -2.33. The highest BCUT2D eigenvalue weighted by Gasteiger charge is 2.29. The van der Waals surface area contributed by atoms with Gasteiger partial charge in [-0.25, -0.2) is 0 Å². The van der Waals surface area contributed by atoms with Crippen molar-refractivity contribution in [3.8, 4) is 0 Å². The third kappa shape index (κ3) is 4.37. The van der Waals surface area contributed by atoms with Gasteiger partial charge in [-0.1, -0.05) is 31.5 Å². The Morgan fingerprint density at radius 2 is 1.79 bits per heavy atom. The maximum Gasteiger partial charge on any atom is 0.227 e. The number of aryl methyl sites for hydroxylation is 2. The Balaban J connectivity index is 1.89. The molecule has 1 aromatic carbocycles. The van der Waals surface area contributed by atoms with E-state index in [1.54, 1.807) is 0 Å². The van der Waals surface area contributed by atoms with Crippen LogP contribution in [0, 0.1) is 25.7 Å². The number of hydrogen-bond acceptors (Lipinski definition) is 2. The first-order valence-electron chi connectivity index (χ1n) is 9.13. The van der Waals surface area contributed by atoms with E-state index in [9.17, 15) is 9.59 Å². The van der Waals surface area contributed by atoms with Gasteiger partial charge >= 0.3 is 0 Å². The fraction of sp³-hybridized carbons (Fsp3) is 0.600. The minimum atomic E-state index is -0.00328. The van der Waals surface area contributed by atoms with E-state index in [0.29, 0.717) is 13.1 Å². The molecule has 4 heteroatoms. The minimum Gasteiger partial charge on any atom is -0.342 e. The maximum absolute atomic E-state index is 12.5. The number of hydrogen-bond donors (Lipinski definition) is 1. The standard InChI is InChI=1S/C20H30N2O2/c1-5-16(6-2)20(24)22-11-9-17(10-12-22)19(23)21-18-8-7-14(3)13-15(18)4/h7-8,13,16-17H,5-6,9-12H2,1-4H3,(H,21,23). The zero-order valence-electron chi connectivity index (χ0n) is 15.4. The van der Waals surface area contributed by atoms with Gasteiger partial charge in [-0.15, -0.1) is 0 Å². The van der Waals surface area contributed by atoms with Gasteiger partial charge in [-0.2, -0.15) is 0 Å². The summed E-state index contributed by atoms with van der Waals surface area (Å²) in [6, 6.07) is 6.06. The monoisotopic (exact) mass is 330 g/mol. The molecule has 2 amide bonds. The van der Waals surface area contributed by atoms with E-state index in [4.69, 9.17) is 0 Å². The first kappa shape index (κ1) is 18.5. The topological polar surface area (TPSA) is 49.4 Å². The summed E-state index contributed by atoms with van der Waals surface area (Å²) in [5, 5.41) is 3.05. The molecular weight excluding hydrogens is 300 g/mol. The smallest absolute Gasteiger partial charge is 0.227 e. The molecule has 1 aliphatic heterocycles. The Bertz CT molecular complexity index is 585. The van der Waals surface area contributed by atoms with Gasteiger partial charge in [-0.3, -0.25) is 9.59 Å². The van der Waals surface area contributed by atoms with E-state index in [-0.39, 0.29) is 23.7 Å². The zero-order chi connectivity index (χ0) is 17.7. The number of amides is 2. The number of nitrogens with one attached hydrogen (secondary N) is 1. The highest BCUT2D eigenvalue weighted by molar-refractivity contribution is 5.93. The second-order valence-corrected chi connectivity index (χ2v) is 6.92. The predicted molar refractivity (Wildman–Crippen MR) is 97.9 cm³/mol. The van der Waals surface area contributed by atoms with Crippen LogP contribution in [-0.2, 0) is 9.59 Å². The third-order valence-corrected chi connectivity index (χ3v) is 5.15. The second kappa shape index (κ2) is 8.32. The van der Waals surface area contributed by atoms with E-state index in [0.717, 1.165) is 36.9 Å². The number of anilines is 1. The van der Waals surface area contributed by atoms with Crippen molar-refractivity contribution in [3.63, 3.8) is 0 Å². The van der Waals surface area contributed by atoms with Crippen molar-refractivity contribution in [2.24, 2.45) is 11.8 Å². The van der Waals surface area contributed by atoms with Gasteiger partial charge in [-0.05, 0) is 51.2 Å². The highest BCUT2D eigenvalue weighted by atomic mass is 16.2. The summed E-state index contributed by atoms with van der Waals surface area (Å²) in [7, 11) is 0. The predicted octanol–water partition coefficient (Wildman–Crippen LogP) is 3.92. The lowest BCUT2D eigenvalue weighted by Crippen LogP contribution is -2.43. The van der Waals surface area contributed by atoms with Crippen molar-refractivity contribution in [1.82, 2.24) is 4.90 Å². The molecule has 132 valence electrons. The number of carbonyl (C=O) groups excluding carboxylic acids is 2. The fourth-order valence-electron chi connectivity index (χ4n) is 3.45. The quantitative estimate of drug-likeness (QED) is 0.889. The van der Waals surface area contributed by atoms with E-state index >= 15 is 0 Å². The molecule has 4 nitrogen and oxygen atoms in total. The van der Waals surface area contributed by atoms with Crippen LogP contribution in [-0.4, -0.2) is 29.8 Å². The Morgan fingerprint density at radius 1 is 1.17 bits per heavy atom. The van der Waals surface area contributed by atoms with Gasteiger partial charge in [0.05, 0.1) is 0 Å². The van der Waals surface area contributed by atoms with Gasteiger partial charge in [0, 0.05) is 30.6 Å². The molecule has 0 aliphatic carbocycles. The van der Waals surface area contributed by atoms with Crippen molar-refractivity contribution in [2.75, 3.05) is 18.4 Å². The fourth-order valence-corrected chi connectivity index (χ4v) is 3.45. The molecule has 0 aromatic heterocycles. The van der Waals surface area contributed by atoms with Gasteiger partial charge < -0.3 is 10.2 Å². The summed E-state index contributed by atoms with van der Waals surface area (Å²) < 4.78 is 0. The first-order valence-corrected chi connectivity index (χ1v) is 9.13. The Morgan fingerprint density at radius 3 is 2.33 bits per heavy atom. The van der Waals surface area contributed by atoms with Crippen LogP contribution >= 0.6 is 0 Å². The molecule has 0 bridgehead atoms. The zero-order valence-corrected chi connectivity index (χ0v) is 15.4. The number of likely N-dealkylation sites (tertiary alicyclic amines) is 1. The van der Waals surface area contributed by atoms with Crippen molar-refractivity contribution in [1.29, 1.82) is 0 Å². The van der Waals surface area contributed by atoms with Crippen molar-refractivity contribution >= 4 is 17.5 Å². The van der Waals surface area contributed by atoms with Crippen LogP contribution in [0.15, 0.2) is 18.2 Å². The molecule has 1 N–H and O–H groups in total. The van der Waals surface area contributed by atoms with Crippen molar-refractivity contribution in [3.05, 3.63) is 29.3 Å². The molecule has 24 heavy (non-hydrogen) atoms. The number of rotatable bonds is 5. The lowest BCUT2D eigenvalue weighted by atomic mass is 9.93. The van der Waals surface area contributed by atoms with Crippen LogP contribution in [0.4, 0.5) is 5.69 Å². The SMILES string of the molecule is CCC(CC)C(=O)N1CCC(C(=O)Nc2ccc(C)cc2C)CC1. The normalized spacial score (nSPS) is 15.6. The summed E-state index contributed by atoms with van der Waals surface area (Å²) in [4.78, 5) is 26.9. The van der Waals surface area contributed by atoms with Crippen LogP contribution in [0.3, 0.4) is 0 Å². The summed E-state index contributed by atoms with van der Waals surface area (Å²) in [6.45, 7) is 9.58. The molecule has 0 radical (unpaired) electrons. The molecule has 0 unspecified atom stereocenters. The Labute approximate surface area is 145 Å². The van der Waals surface area contributed by atoms with Crippen LogP contribution in [0.5, 0.6) is 0 Å². The molecule has 1 heterocycles. The largest absolute Gasteiger partial charge is 0.342 e. The number of piperidine rings is 1. The highest BCUT2D eigenvalue weighted by Crippen LogP contribution is 2.23. The summed E-state index contributed by atoms with van der Waals surface area (Å²) in [6.07, 6.45) is 3.29. The van der Waals surface area contributed by atoms with E-state index in [1.807, 2.05) is 30.9 Å². The number of carbonyl (C=O) groups is 2. The van der Waals surface area contributed by atoms with Gasteiger partial charge in [0.2, 0.25) is 11.8 Å². The summed E-state index contributed by atoms with van der Waals surface area (Å²) in [5.41, 5.74) is 3.17. The lowest BCUT2D eigenvalue weighted by molar-refractivity contribution is -0.138. The van der Waals surface area contributed by atoms with Crippen LogP contribution in [0.25, 0.3) is 0 Å². The minimum absolute atomic E-state index is 0.00328. The van der Waals surface area contributed by atoms with Gasteiger partial charge in [0.1, 0.15) is 0 Å². The van der Waals surface area contributed by atoms with Gasteiger partial charge in [0.25, 0.3) is 0 Å². The molecule has 0 spiro atoms. The van der Waals surface area contributed by atoms with Crippen molar-refractivity contribution in [2.45, 2.75) is 53.4 Å². The molecule has 1 fully saturated rings. The Hall–Kier alpha value is -1.84. The molecule has 2 rings (SSSR count). The molecule has 0 atom stereocenters. The van der Waals surface area contributed by atoms with E-state index in [1.165, 1.54) is 5.56 Å². The summed E-state index contributed by atoms with van der Waals surface area (Å²) >= 11 is 0. The Kier molecular flexibility index (Phi) is 6.41. The average Bonchev–Trinajstić information content (AvgIpc) is 2.58. The van der Waals surface area contributed by atoms with Crippen LogP contribution < -0.4 is 5.32 Å². The maximum atomic E-state index is 12.5. The number of benzene rings is 1. The van der Waals surface area contributed by atoms with Crippen molar-refractivity contribution < 1.29 is 9.59 Å². The molecular formula is C20H30N2O2.